The molecule has 0 N–H and O–H groups in total. The molecule has 0 aliphatic carbocycles. The van der Waals surface area contributed by atoms with Crippen LogP contribution < -0.4 is 18.9 Å². The number of methoxy groups -OCH3 is 3. The van der Waals surface area contributed by atoms with Gasteiger partial charge in [-0.2, -0.15) is 0 Å². The second kappa shape index (κ2) is 7.91. The van der Waals surface area contributed by atoms with Gasteiger partial charge >= 0.3 is 0 Å². The molecule has 0 spiro atoms. The first-order valence-corrected chi connectivity index (χ1v) is 10.3. The summed E-state index contributed by atoms with van der Waals surface area (Å²) in [5, 5.41) is 0.958. The van der Waals surface area contributed by atoms with E-state index in [1.807, 2.05) is 48.5 Å². The van der Waals surface area contributed by atoms with Crippen LogP contribution in [0.2, 0.25) is 0 Å². The first-order chi connectivity index (χ1) is 15.2. The zero-order valence-electron chi connectivity index (χ0n) is 17.8. The summed E-state index contributed by atoms with van der Waals surface area (Å²) in [5.41, 5.74) is 3.94. The molecule has 2 heterocycles. The Morgan fingerprint density at radius 1 is 0.806 bits per heavy atom. The lowest BCUT2D eigenvalue weighted by Crippen LogP contribution is -2.16. The lowest BCUT2D eigenvalue weighted by atomic mass is 9.95. The van der Waals surface area contributed by atoms with E-state index in [1.54, 1.807) is 21.3 Å². The SMILES string of the molecule is COc1ccc(-c2cc3c4c(c(OC)cc3o2)CCC(c2ccc(OC)cc2)O4)cc1. The highest BCUT2D eigenvalue weighted by atomic mass is 16.5. The van der Waals surface area contributed by atoms with Crippen LogP contribution in [0.25, 0.3) is 22.3 Å². The van der Waals surface area contributed by atoms with Crippen LogP contribution in [-0.2, 0) is 6.42 Å². The van der Waals surface area contributed by atoms with Gasteiger partial charge < -0.3 is 23.4 Å². The quantitative estimate of drug-likeness (QED) is 0.388. The van der Waals surface area contributed by atoms with Crippen molar-refractivity contribution in [3.63, 3.8) is 0 Å². The predicted octanol–water partition coefficient (Wildman–Crippen LogP) is 6.19. The van der Waals surface area contributed by atoms with Crippen molar-refractivity contribution in [3.05, 3.63) is 71.8 Å². The Kier molecular flexibility index (Phi) is 4.94. The second-order valence-corrected chi connectivity index (χ2v) is 7.56. The third kappa shape index (κ3) is 3.46. The minimum absolute atomic E-state index is 0.0342. The molecule has 0 saturated carbocycles. The Morgan fingerprint density at radius 3 is 2.13 bits per heavy atom. The lowest BCUT2D eigenvalue weighted by Gasteiger charge is -2.28. The fourth-order valence-corrected chi connectivity index (χ4v) is 4.15. The highest BCUT2D eigenvalue weighted by Gasteiger charge is 2.28. The fraction of sp³-hybridized carbons (Fsp3) is 0.231. The van der Waals surface area contributed by atoms with E-state index >= 15 is 0 Å². The highest BCUT2D eigenvalue weighted by molar-refractivity contribution is 5.91. The van der Waals surface area contributed by atoms with E-state index in [-0.39, 0.29) is 6.10 Å². The summed E-state index contributed by atoms with van der Waals surface area (Å²) in [6.07, 6.45) is 1.71. The average Bonchev–Trinajstić information content (AvgIpc) is 3.27. The minimum Gasteiger partial charge on any atom is -0.497 e. The monoisotopic (exact) mass is 416 g/mol. The van der Waals surface area contributed by atoms with Crippen LogP contribution in [0.5, 0.6) is 23.0 Å². The van der Waals surface area contributed by atoms with E-state index in [2.05, 4.69) is 12.1 Å². The molecule has 1 aromatic heterocycles. The molecule has 158 valence electrons. The van der Waals surface area contributed by atoms with Crippen molar-refractivity contribution in [3.8, 4) is 34.3 Å². The largest absolute Gasteiger partial charge is 0.497 e. The number of hydrogen-bond acceptors (Lipinski definition) is 5. The normalized spacial score (nSPS) is 15.3. The molecule has 1 aliphatic heterocycles. The molecular weight excluding hydrogens is 392 g/mol. The number of rotatable bonds is 5. The van der Waals surface area contributed by atoms with Gasteiger partial charge in [0.1, 0.15) is 40.4 Å². The maximum absolute atomic E-state index is 6.53. The third-order valence-electron chi connectivity index (χ3n) is 5.84. The molecule has 0 bridgehead atoms. The topological polar surface area (TPSA) is 50.1 Å². The van der Waals surface area contributed by atoms with Crippen molar-refractivity contribution in [2.75, 3.05) is 21.3 Å². The molecular formula is C26H24O5. The molecule has 4 aromatic rings. The third-order valence-corrected chi connectivity index (χ3v) is 5.84. The van der Waals surface area contributed by atoms with Crippen molar-refractivity contribution in [2.24, 2.45) is 0 Å². The van der Waals surface area contributed by atoms with Crippen LogP contribution in [0.4, 0.5) is 0 Å². The van der Waals surface area contributed by atoms with Crippen LogP contribution in [0.3, 0.4) is 0 Å². The van der Waals surface area contributed by atoms with Crippen molar-refractivity contribution in [2.45, 2.75) is 18.9 Å². The summed E-state index contributed by atoms with van der Waals surface area (Å²) in [7, 11) is 5.01. The molecule has 0 radical (unpaired) electrons. The van der Waals surface area contributed by atoms with Crippen LogP contribution in [-0.4, -0.2) is 21.3 Å². The van der Waals surface area contributed by atoms with E-state index in [0.29, 0.717) is 0 Å². The molecule has 5 heteroatoms. The Labute approximate surface area is 181 Å². The van der Waals surface area contributed by atoms with Gasteiger partial charge in [0.2, 0.25) is 0 Å². The molecule has 1 unspecified atom stereocenters. The Hall–Kier alpha value is -3.60. The summed E-state index contributed by atoms with van der Waals surface area (Å²) >= 11 is 0. The molecule has 0 amide bonds. The smallest absolute Gasteiger partial charge is 0.142 e. The van der Waals surface area contributed by atoms with E-state index in [9.17, 15) is 0 Å². The molecule has 3 aromatic carbocycles. The average molecular weight is 416 g/mol. The second-order valence-electron chi connectivity index (χ2n) is 7.56. The molecule has 31 heavy (non-hydrogen) atoms. The number of ether oxygens (including phenoxy) is 4. The first-order valence-electron chi connectivity index (χ1n) is 10.3. The zero-order valence-corrected chi connectivity index (χ0v) is 17.8. The van der Waals surface area contributed by atoms with Crippen LogP contribution >= 0.6 is 0 Å². The van der Waals surface area contributed by atoms with Crippen molar-refractivity contribution >= 4 is 11.0 Å². The fourth-order valence-electron chi connectivity index (χ4n) is 4.15. The van der Waals surface area contributed by atoms with Gasteiger partial charge in [-0.1, -0.05) is 12.1 Å². The van der Waals surface area contributed by atoms with Crippen molar-refractivity contribution in [1.82, 2.24) is 0 Å². The van der Waals surface area contributed by atoms with Crippen LogP contribution in [0, 0.1) is 0 Å². The molecule has 5 rings (SSSR count). The van der Waals surface area contributed by atoms with Crippen LogP contribution in [0.15, 0.2) is 65.1 Å². The number of fused-ring (bicyclic) bond motifs is 3. The van der Waals surface area contributed by atoms with Crippen LogP contribution in [0.1, 0.15) is 23.7 Å². The van der Waals surface area contributed by atoms with E-state index in [1.165, 1.54) is 0 Å². The van der Waals surface area contributed by atoms with E-state index in [4.69, 9.17) is 23.4 Å². The first kappa shape index (κ1) is 19.4. The maximum atomic E-state index is 6.53. The number of furan rings is 1. The summed E-state index contributed by atoms with van der Waals surface area (Å²) in [5.74, 6) is 4.06. The number of benzene rings is 3. The van der Waals surface area contributed by atoms with Gasteiger partial charge in [-0.05, 0) is 60.9 Å². The van der Waals surface area contributed by atoms with Gasteiger partial charge in [0.15, 0.2) is 0 Å². The summed E-state index contributed by atoms with van der Waals surface area (Å²) in [4.78, 5) is 0. The predicted molar refractivity (Wildman–Crippen MR) is 119 cm³/mol. The minimum atomic E-state index is -0.0342. The van der Waals surface area contributed by atoms with E-state index in [0.717, 1.165) is 69.3 Å². The standard InChI is InChI=1S/C26H24O5/c1-27-18-8-4-16(5-9-18)22-13-12-20-24(29-3)15-25-21(26(20)31-22)14-23(30-25)17-6-10-19(28-2)11-7-17/h4-11,14-15,22H,12-13H2,1-3H3. The zero-order chi connectivity index (χ0) is 21.4. The highest BCUT2D eigenvalue weighted by Crippen LogP contribution is 2.46. The van der Waals surface area contributed by atoms with Crippen molar-refractivity contribution < 1.29 is 23.4 Å². The van der Waals surface area contributed by atoms with Gasteiger partial charge in [0.05, 0.1) is 26.7 Å². The van der Waals surface area contributed by atoms with Gasteiger partial charge in [0, 0.05) is 17.2 Å². The van der Waals surface area contributed by atoms with Gasteiger partial charge in [-0.3, -0.25) is 0 Å². The van der Waals surface area contributed by atoms with Gasteiger partial charge in [-0.15, -0.1) is 0 Å². The van der Waals surface area contributed by atoms with Gasteiger partial charge in [-0.25, -0.2) is 0 Å². The summed E-state index contributed by atoms with van der Waals surface area (Å²) in [6, 6.07) is 19.9. The van der Waals surface area contributed by atoms with Gasteiger partial charge in [0.25, 0.3) is 0 Å². The van der Waals surface area contributed by atoms with Crippen molar-refractivity contribution in [1.29, 1.82) is 0 Å². The summed E-state index contributed by atoms with van der Waals surface area (Å²) in [6.45, 7) is 0. The molecule has 5 nitrogen and oxygen atoms in total. The summed E-state index contributed by atoms with van der Waals surface area (Å²) < 4.78 is 28.9. The molecule has 0 fully saturated rings. The molecule has 0 saturated heterocycles. The molecule has 1 aliphatic rings. The Morgan fingerprint density at radius 2 is 1.48 bits per heavy atom. The van der Waals surface area contributed by atoms with E-state index < -0.39 is 0 Å². The Balaban J connectivity index is 1.56. The molecule has 1 atom stereocenters. The lowest BCUT2D eigenvalue weighted by molar-refractivity contribution is 0.177. The maximum Gasteiger partial charge on any atom is 0.142 e. The Bertz CT molecular complexity index is 1210. The number of hydrogen-bond donors (Lipinski definition) is 0.